The summed E-state index contributed by atoms with van der Waals surface area (Å²) in [4.78, 5) is 0. The Morgan fingerprint density at radius 2 is 2.14 bits per heavy atom. The summed E-state index contributed by atoms with van der Waals surface area (Å²) in [7, 11) is 2.04. The molecule has 0 aromatic rings. The van der Waals surface area contributed by atoms with Gasteiger partial charge >= 0.3 is 0 Å². The Morgan fingerprint density at radius 1 is 1.43 bits per heavy atom. The van der Waals surface area contributed by atoms with Crippen LogP contribution in [-0.4, -0.2) is 19.8 Å². The van der Waals surface area contributed by atoms with Crippen molar-refractivity contribution in [3.8, 4) is 0 Å². The van der Waals surface area contributed by atoms with Crippen LogP contribution in [-0.2, 0) is 0 Å². The van der Waals surface area contributed by atoms with Crippen LogP contribution in [0.5, 0.6) is 0 Å². The Labute approximate surface area is 88.8 Å². The summed E-state index contributed by atoms with van der Waals surface area (Å²) < 4.78 is 0. The molecular weight excluding hydrogens is 172 g/mol. The Morgan fingerprint density at radius 3 is 2.64 bits per heavy atom. The first-order chi connectivity index (χ1) is 6.63. The van der Waals surface area contributed by atoms with Crippen molar-refractivity contribution in [2.75, 3.05) is 13.6 Å². The topological polar surface area (TPSA) is 24.1 Å². The van der Waals surface area contributed by atoms with Gasteiger partial charge in [0.15, 0.2) is 0 Å². The average Bonchev–Trinajstić information content (AvgIpc) is 2.15. The van der Waals surface area contributed by atoms with E-state index in [0.29, 0.717) is 6.17 Å². The largest absolute Gasteiger partial charge is 0.305 e. The molecule has 1 heterocycles. The van der Waals surface area contributed by atoms with E-state index >= 15 is 0 Å². The Balaban J connectivity index is 2.24. The Kier molecular flexibility index (Phi) is 4.90. The number of piperidine rings is 1. The van der Waals surface area contributed by atoms with Gasteiger partial charge in [0.1, 0.15) is 0 Å². The van der Waals surface area contributed by atoms with E-state index < -0.39 is 0 Å². The lowest BCUT2D eigenvalue weighted by Gasteiger charge is -2.35. The molecular formula is C12H26N2. The standard InChI is InChI=1S/C12H26N2/c1-9(2)5-6-11-7-10(3)12(13-4)14-8-11/h9-14H,5-8H2,1-4H3. The second kappa shape index (κ2) is 5.72. The maximum absolute atomic E-state index is 3.58. The van der Waals surface area contributed by atoms with E-state index in [1.54, 1.807) is 0 Å². The SMILES string of the molecule is CNC1NCC(CCC(C)C)CC1C. The average molecular weight is 198 g/mol. The van der Waals surface area contributed by atoms with Gasteiger partial charge in [0.05, 0.1) is 6.17 Å². The molecule has 0 bridgehead atoms. The fraction of sp³-hybridized carbons (Fsp3) is 1.00. The monoisotopic (exact) mass is 198 g/mol. The summed E-state index contributed by atoms with van der Waals surface area (Å²) in [6, 6.07) is 0. The van der Waals surface area contributed by atoms with Gasteiger partial charge in [-0.05, 0) is 44.2 Å². The lowest BCUT2D eigenvalue weighted by Crippen LogP contribution is -2.51. The van der Waals surface area contributed by atoms with Gasteiger partial charge in [-0.25, -0.2) is 0 Å². The molecule has 84 valence electrons. The number of hydrogen-bond acceptors (Lipinski definition) is 2. The smallest absolute Gasteiger partial charge is 0.0595 e. The first-order valence-electron chi connectivity index (χ1n) is 6.04. The summed E-state index contributed by atoms with van der Waals surface area (Å²) >= 11 is 0. The molecule has 2 N–H and O–H groups in total. The molecule has 0 aromatic heterocycles. The fourth-order valence-electron chi connectivity index (χ4n) is 2.42. The molecule has 1 rings (SSSR count). The highest BCUT2D eigenvalue weighted by Crippen LogP contribution is 2.24. The molecule has 3 atom stereocenters. The van der Waals surface area contributed by atoms with Gasteiger partial charge in [0.2, 0.25) is 0 Å². The second-order valence-corrected chi connectivity index (χ2v) is 5.22. The van der Waals surface area contributed by atoms with Crippen molar-refractivity contribution in [1.82, 2.24) is 10.6 Å². The van der Waals surface area contributed by atoms with Gasteiger partial charge in [-0.2, -0.15) is 0 Å². The van der Waals surface area contributed by atoms with Gasteiger partial charge in [-0.15, -0.1) is 0 Å². The molecule has 0 saturated carbocycles. The highest BCUT2D eigenvalue weighted by molar-refractivity contribution is 4.80. The van der Waals surface area contributed by atoms with Crippen LogP contribution in [0.4, 0.5) is 0 Å². The van der Waals surface area contributed by atoms with Crippen LogP contribution in [0, 0.1) is 17.8 Å². The molecule has 0 radical (unpaired) electrons. The van der Waals surface area contributed by atoms with Crippen molar-refractivity contribution in [2.24, 2.45) is 17.8 Å². The van der Waals surface area contributed by atoms with Gasteiger partial charge in [-0.1, -0.05) is 27.2 Å². The zero-order valence-corrected chi connectivity index (χ0v) is 10.1. The molecule has 2 heteroatoms. The fourth-order valence-corrected chi connectivity index (χ4v) is 2.42. The maximum Gasteiger partial charge on any atom is 0.0595 e. The number of hydrogen-bond donors (Lipinski definition) is 2. The van der Waals surface area contributed by atoms with Gasteiger partial charge in [-0.3, -0.25) is 0 Å². The van der Waals surface area contributed by atoms with E-state index in [-0.39, 0.29) is 0 Å². The third-order valence-corrected chi connectivity index (χ3v) is 3.36. The van der Waals surface area contributed by atoms with E-state index in [2.05, 4.69) is 31.4 Å². The molecule has 3 unspecified atom stereocenters. The third kappa shape index (κ3) is 3.58. The minimum atomic E-state index is 0.533. The zero-order chi connectivity index (χ0) is 10.6. The van der Waals surface area contributed by atoms with E-state index in [4.69, 9.17) is 0 Å². The predicted molar refractivity (Wildman–Crippen MR) is 62.2 cm³/mol. The number of nitrogens with one attached hydrogen (secondary N) is 2. The summed E-state index contributed by atoms with van der Waals surface area (Å²) in [5.74, 6) is 2.52. The first kappa shape index (κ1) is 12.0. The predicted octanol–water partition coefficient (Wildman–Crippen LogP) is 2.21. The minimum Gasteiger partial charge on any atom is -0.305 e. The van der Waals surface area contributed by atoms with E-state index in [0.717, 1.165) is 17.8 Å². The van der Waals surface area contributed by atoms with Crippen molar-refractivity contribution >= 4 is 0 Å². The lowest BCUT2D eigenvalue weighted by molar-refractivity contribution is 0.197. The van der Waals surface area contributed by atoms with Crippen LogP contribution < -0.4 is 10.6 Å². The van der Waals surface area contributed by atoms with Crippen molar-refractivity contribution in [3.05, 3.63) is 0 Å². The van der Waals surface area contributed by atoms with Gasteiger partial charge < -0.3 is 10.6 Å². The molecule has 0 amide bonds. The maximum atomic E-state index is 3.58. The van der Waals surface area contributed by atoms with Crippen LogP contribution in [0.25, 0.3) is 0 Å². The molecule has 2 nitrogen and oxygen atoms in total. The quantitative estimate of drug-likeness (QED) is 0.724. The molecule has 0 aromatic carbocycles. The number of rotatable bonds is 4. The summed E-state index contributed by atoms with van der Waals surface area (Å²) in [6.45, 7) is 8.17. The summed E-state index contributed by atoms with van der Waals surface area (Å²) in [5.41, 5.74) is 0. The van der Waals surface area contributed by atoms with Crippen molar-refractivity contribution in [2.45, 2.75) is 46.2 Å². The molecule has 14 heavy (non-hydrogen) atoms. The van der Waals surface area contributed by atoms with Crippen molar-refractivity contribution < 1.29 is 0 Å². The van der Waals surface area contributed by atoms with Crippen LogP contribution in [0.3, 0.4) is 0 Å². The van der Waals surface area contributed by atoms with Gasteiger partial charge in [0.25, 0.3) is 0 Å². The highest BCUT2D eigenvalue weighted by Gasteiger charge is 2.25. The Hall–Kier alpha value is -0.0800. The van der Waals surface area contributed by atoms with Crippen LogP contribution >= 0.6 is 0 Å². The van der Waals surface area contributed by atoms with Crippen molar-refractivity contribution in [1.29, 1.82) is 0 Å². The second-order valence-electron chi connectivity index (χ2n) is 5.22. The highest BCUT2D eigenvalue weighted by atomic mass is 15.1. The lowest BCUT2D eigenvalue weighted by atomic mass is 9.85. The molecule has 1 fully saturated rings. The minimum absolute atomic E-state index is 0.533. The summed E-state index contributed by atoms with van der Waals surface area (Å²) in [5, 5.41) is 6.91. The zero-order valence-electron chi connectivity index (χ0n) is 10.1. The van der Waals surface area contributed by atoms with E-state index in [9.17, 15) is 0 Å². The third-order valence-electron chi connectivity index (χ3n) is 3.36. The van der Waals surface area contributed by atoms with Crippen LogP contribution in [0.15, 0.2) is 0 Å². The molecule has 1 aliphatic rings. The van der Waals surface area contributed by atoms with Gasteiger partial charge in [0, 0.05) is 0 Å². The molecule has 0 spiro atoms. The normalized spacial score (nSPS) is 33.6. The van der Waals surface area contributed by atoms with Crippen molar-refractivity contribution in [3.63, 3.8) is 0 Å². The first-order valence-corrected chi connectivity index (χ1v) is 6.04. The molecule has 0 aliphatic carbocycles. The molecule has 1 saturated heterocycles. The van der Waals surface area contributed by atoms with E-state index in [1.807, 2.05) is 7.05 Å². The van der Waals surface area contributed by atoms with Crippen LogP contribution in [0.2, 0.25) is 0 Å². The Bertz CT molecular complexity index is 156. The molecule has 1 aliphatic heterocycles. The van der Waals surface area contributed by atoms with E-state index in [1.165, 1.54) is 25.8 Å². The summed E-state index contributed by atoms with van der Waals surface area (Å²) in [6.07, 6.45) is 4.69. The van der Waals surface area contributed by atoms with Crippen LogP contribution in [0.1, 0.15) is 40.0 Å².